The Morgan fingerprint density at radius 2 is 2.29 bits per heavy atom. The first-order valence-electron chi connectivity index (χ1n) is 5.88. The lowest BCUT2D eigenvalue weighted by Crippen LogP contribution is -2.40. The molecule has 1 aromatic heterocycles. The molecule has 1 saturated carbocycles. The number of rotatable bonds is 4. The summed E-state index contributed by atoms with van der Waals surface area (Å²) in [6.45, 7) is 0.361. The summed E-state index contributed by atoms with van der Waals surface area (Å²) < 4.78 is 0. The monoisotopic (exact) mass is 251 g/mol. The number of hydrogen-bond donors (Lipinski definition) is 2. The molecule has 0 saturated heterocycles. The molecular weight excluding hydrogens is 234 g/mol. The highest BCUT2D eigenvalue weighted by molar-refractivity contribution is 7.08. The summed E-state index contributed by atoms with van der Waals surface area (Å²) in [7, 11) is 0. The second kappa shape index (κ2) is 5.47. The summed E-state index contributed by atoms with van der Waals surface area (Å²) in [5.74, 6) is -0.142. The molecule has 3 nitrogen and oxygen atoms in total. The van der Waals surface area contributed by atoms with Crippen LogP contribution >= 0.6 is 11.3 Å². The number of thiophene rings is 1. The zero-order valence-corrected chi connectivity index (χ0v) is 10.5. The molecule has 0 spiro atoms. The van der Waals surface area contributed by atoms with Crippen molar-refractivity contribution in [3.05, 3.63) is 28.5 Å². The van der Waals surface area contributed by atoms with Gasteiger partial charge in [-0.25, -0.2) is 0 Å². The number of amides is 1. The third kappa shape index (κ3) is 3.68. The van der Waals surface area contributed by atoms with E-state index in [2.05, 4.69) is 5.32 Å². The molecule has 2 rings (SSSR count). The van der Waals surface area contributed by atoms with E-state index in [1.165, 1.54) is 6.08 Å². The molecule has 92 valence electrons. The van der Waals surface area contributed by atoms with Gasteiger partial charge in [-0.3, -0.25) is 4.79 Å². The van der Waals surface area contributed by atoms with Crippen molar-refractivity contribution in [3.63, 3.8) is 0 Å². The first-order chi connectivity index (χ1) is 8.18. The lowest BCUT2D eigenvalue weighted by molar-refractivity contribution is -0.117. The van der Waals surface area contributed by atoms with Gasteiger partial charge < -0.3 is 10.4 Å². The van der Waals surface area contributed by atoms with Gasteiger partial charge in [0.25, 0.3) is 0 Å². The topological polar surface area (TPSA) is 49.3 Å². The van der Waals surface area contributed by atoms with E-state index in [-0.39, 0.29) is 5.91 Å². The van der Waals surface area contributed by atoms with Crippen LogP contribution in [0.15, 0.2) is 22.9 Å². The maximum absolute atomic E-state index is 11.5. The van der Waals surface area contributed by atoms with Crippen molar-refractivity contribution in [1.82, 2.24) is 5.32 Å². The minimum atomic E-state index is -0.675. The Balaban J connectivity index is 1.78. The molecule has 2 N–H and O–H groups in total. The van der Waals surface area contributed by atoms with Gasteiger partial charge in [0.05, 0.1) is 5.60 Å². The van der Waals surface area contributed by atoms with Crippen LogP contribution in [0.2, 0.25) is 0 Å². The Labute approximate surface area is 105 Å². The van der Waals surface area contributed by atoms with E-state index in [1.54, 1.807) is 17.4 Å². The third-order valence-corrected chi connectivity index (χ3v) is 3.80. The van der Waals surface area contributed by atoms with E-state index >= 15 is 0 Å². The molecule has 1 aliphatic carbocycles. The van der Waals surface area contributed by atoms with Crippen molar-refractivity contribution < 1.29 is 9.90 Å². The predicted molar refractivity (Wildman–Crippen MR) is 69.8 cm³/mol. The number of aliphatic hydroxyl groups is 1. The van der Waals surface area contributed by atoms with Gasteiger partial charge in [0, 0.05) is 12.6 Å². The minimum Gasteiger partial charge on any atom is -0.388 e. The second-order valence-electron chi connectivity index (χ2n) is 4.54. The summed E-state index contributed by atoms with van der Waals surface area (Å²) in [4.78, 5) is 11.5. The summed E-state index contributed by atoms with van der Waals surface area (Å²) in [5.41, 5.74) is 0.357. The normalized spacial score (nSPS) is 18.6. The van der Waals surface area contributed by atoms with Crippen LogP contribution in [0.25, 0.3) is 6.08 Å². The van der Waals surface area contributed by atoms with Crippen molar-refractivity contribution in [2.45, 2.75) is 31.3 Å². The van der Waals surface area contributed by atoms with E-state index in [0.717, 1.165) is 31.2 Å². The average molecular weight is 251 g/mol. The van der Waals surface area contributed by atoms with Crippen molar-refractivity contribution in [2.24, 2.45) is 0 Å². The molecule has 0 aliphatic heterocycles. The van der Waals surface area contributed by atoms with Crippen LogP contribution < -0.4 is 5.32 Å². The first-order valence-corrected chi connectivity index (χ1v) is 6.83. The summed E-state index contributed by atoms with van der Waals surface area (Å²) in [6.07, 6.45) is 6.99. The fourth-order valence-corrected chi connectivity index (χ4v) is 2.69. The molecule has 1 aliphatic rings. The average Bonchev–Trinajstić information content (AvgIpc) is 2.95. The fourth-order valence-electron chi connectivity index (χ4n) is 2.06. The van der Waals surface area contributed by atoms with E-state index in [0.29, 0.717) is 6.54 Å². The highest BCUT2D eigenvalue weighted by atomic mass is 32.1. The van der Waals surface area contributed by atoms with Crippen LogP contribution in [0.5, 0.6) is 0 Å². The molecule has 1 amide bonds. The smallest absolute Gasteiger partial charge is 0.244 e. The summed E-state index contributed by atoms with van der Waals surface area (Å²) in [6, 6.07) is 1.96. The number of hydrogen-bond acceptors (Lipinski definition) is 3. The van der Waals surface area contributed by atoms with Crippen LogP contribution in [0.4, 0.5) is 0 Å². The van der Waals surface area contributed by atoms with Gasteiger partial charge in [-0.15, -0.1) is 0 Å². The van der Waals surface area contributed by atoms with Crippen molar-refractivity contribution in [3.8, 4) is 0 Å². The van der Waals surface area contributed by atoms with Crippen molar-refractivity contribution >= 4 is 23.3 Å². The Bertz CT molecular complexity index is 392. The van der Waals surface area contributed by atoms with Gasteiger partial charge in [-0.1, -0.05) is 12.8 Å². The maximum atomic E-state index is 11.5. The first kappa shape index (κ1) is 12.3. The Morgan fingerprint density at radius 3 is 2.94 bits per heavy atom. The lowest BCUT2D eigenvalue weighted by Gasteiger charge is -2.21. The predicted octanol–water partition coefficient (Wildman–Crippen LogP) is 2.18. The molecule has 0 radical (unpaired) electrons. The zero-order chi connectivity index (χ0) is 12.1. The molecule has 1 heterocycles. The van der Waals surface area contributed by atoms with Crippen LogP contribution in [-0.4, -0.2) is 23.2 Å². The molecule has 0 unspecified atom stereocenters. The van der Waals surface area contributed by atoms with Crippen LogP contribution in [-0.2, 0) is 4.79 Å². The van der Waals surface area contributed by atoms with E-state index in [1.807, 2.05) is 16.8 Å². The largest absolute Gasteiger partial charge is 0.388 e. The second-order valence-corrected chi connectivity index (χ2v) is 5.32. The molecule has 0 atom stereocenters. The molecule has 1 aromatic rings. The van der Waals surface area contributed by atoms with Gasteiger partial charge in [0.1, 0.15) is 0 Å². The molecule has 17 heavy (non-hydrogen) atoms. The van der Waals surface area contributed by atoms with Gasteiger partial charge >= 0.3 is 0 Å². The van der Waals surface area contributed by atoms with Crippen LogP contribution in [0.1, 0.15) is 31.2 Å². The fraction of sp³-hybridized carbons (Fsp3) is 0.462. The van der Waals surface area contributed by atoms with Gasteiger partial charge in [0.2, 0.25) is 5.91 Å². The van der Waals surface area contributed by atoms with Crippen molar-refractivity contribution in [1.29, 1.82) is 0 Å². The molecule has 0 aromatic carbocycles. The Hall–Kier alpha value is -1.13. The van der Waals surface area contributed by atoms with Crippen LogP contribution in [0, 0.1) is 0 Å². The highest BCUT2D eigenvalue weighted by Crippen LogP contribution is 2.28. The number of carbonyl (C=O) groups excluding carboxylic acids is 1. The number of carbonyl (C=O) groups is 1. The van der Waals surface area contributed by atoms with Gasteiger partial charge in [-0.05, 0) is 41.3 Å². The lowest BCUT2D eigenvalue weighted by atomic mass is 10.0. The molecule has 0 bridgehead atoms. The highest BCUT2D eigenvalue weighted by Gasteiger charge is 2.30. The zero-order valence-electron chi connectivity index (χ0n) is 9.69. The Morgan fingerprint density at radius 1 is 1.53 bits per heavy atom. The SMILES string of the molecule is O=C(/C=C/c1ccsc1)NCC1(O)CCCC1. The number of nitrogens with one attached hydrogen (secondary N) is 1. The third-order valence-electron chi connectivity index (χ3n) is 3.10. The standard InChI is InChI=1S/C13H17NO2S/c15-12(4-3-11-5-8-17-9-11)14-10-13(16)6-1-2-7-13/h3-5,8-9,16H,1-2,6-7,10H2,(H,14,15)/b4-3+. The van der Waals surface area contributed by atoms with E-state index in [4.69, 9.17) is 0 Å². The van der Waals surface area contributed by atoms with Gasteiger partial charge in [0.15, 0.2) is 0 Å². The minimum absolute atomic E-state index is 0.142. The quantitative estimate of drug-likeness (QED) is 0.806. The summed E-state index contributed by atoms with van der Waals surface area (Å²) >= 11 is 1.60. The van der Waals surface area contributed by atoms with Gasteiger partial charge in [-0.2, -0.15) is 11.3 Å². The van der Waals surface area contributed by atoms with E-state index < -0.39 is 5.60 Å². The maximum Gasteiger partial charge on any atom is 0.244 e. The van der Waals surface area contributed by atoms with E-state index in [9.17, 15) is 9.90 Å². The Kier molecular flexibility index (Phi) is 3.97. The van der Waals surface area contributed by atoms with Crippen molar-refractivity contribution in [2.75, 3.05) is 6.54 Å². The molecule has 1 fully saturated rings. The molecule has 4 heteroatoms. The molecular formula is C13H17NO2S. The summed E-state index contributed by atoms with van der Waals surface area (Å²) in [5, 5.41) is 16.8. The van der Waals surface area contributed by atoms with Crippen LogP contribution in [0.3, 0.4) is 0 Å².